The van der Waals surface area contributed by atoms with Gasteiger partial charge in [-0.2, -0.15) is 0 Å². The highest BCUT2D eigenvalue weighted by atomic mass is 16.1. The zero-order valence-corrected chi connectivity index (χ0v) is 14.4. The summed E-state index contributed by atoms with van der Waals surface area (Å²) in [5, 5.41) is 3.53. The van der Waals surface area contributed by atoms with Gasteiger partial charge in [-0.15, -0.1) is 0 Å². The van der Waals surface area contributed by atoms with E-state index in [9.17, 15) is 4.79 Å². The lowest BCUT2D eigenvalue weighted by molar-refractivity contribution is -0.113. The van der Waals surface area contributed by atoms with Crippen molar-refractivity contribution in [3.05, 3.63) is 72.0 Å². The number of hydrogen-bond donors (Lipinski definition) is 1. The smallest absolute Gasteiger partial charge is 0.155 e. The highest BCUT2D eigenvalue weighted by Gasteiger charge is 2.13. The van der Waals surface area contributed by atoms with Crippen LogP contribution in [0.1, 0.15) is 40.0 Å². The number of ketones is 1. The maximum absolute atomic E-state index is 11.6. The van der Waals surface area contributed by atoms with E-state index in [4.69, 9.17) is 0 Å². The monoisotopic (exact) mass is 309 g/mol. The van der Waals surface area contributed by atoms with Crippen molar-refractivity contribution < 1.29 is 4.79 Å². The third-order valence-corrected chi connectivity index (χ3v) is 4.09. The van der Waals surface area contributed by atoms with Gasteiger partial charge in [-0.3, -0.25) is 4.79 Å². The molecule has 2 aliphatic carbocycles. The van der Waals surface area contributed by atoms with Crippen LogP contribution in [0.5, 0.6) is 0 Å². The molecule has 0 radical (unpaired) electrons. The fourth-order valence-electron chi connectivity index (χ4n) is 2.59. The number of hydrogen-bond acceptors (Lipinski definition) is 2. The topological polar surface area (TPSA) is 29.1 Å². The average Bonchev–Trinajstić information content (AvgIpc) is 2.53. The molecule has 0 fully saturated rings. The van der Waals surface area contributed by atoms with E-state index in [2.05, 4.69) is 67.8 Å². The average molecular weight is 309 g/mol. The van der Waals surface area contributed by atoms with E-state index < -0.39 is 0 Å². The molecule has 0 aromatic heterocycles. The minimum atomic E-state index is 0.140. The van der Waals surface area contributed by atoms with Gasteiger partial charge in [-0.1, -0.05) is 62.5 Å². The zero-order chi connectivity index (χ0) is 16.7. The Hall–Kier alpha value is -2.09. The molecule has 0 heterocycles. The van der Waals surface area contributed by atoms with Gasteiger partial charge >= 0.3 is 0 Å². The van der Waals surface area contributed by atoms with Crippen molar-refractivity contribution in [3.8, 4) is 0 Å². The number of carbonyl (C=O) groups excluding carboxylic acids is 1. The fourth-order valence-corrected chi connectivity index (χ4v) is 2.59. The molecule has 0 bridgehead atoms. The van der Waals surface area contributed by atoms with Crippen molar-refractivity contribution in [3.63, 3.8) is 0 Å². The summed E-state index contributed by atoms with van der Waals surface area (Å²) in [6.07, 6.45) is 24.0. The lowest BCUT2D eigenvalue weighted by Gasteiger charge is -2.19. The molecule has 0 aliphatic heterocycles. The van der Waals surface area contributed by atoms with Gasteiger partial charge in [0.2, 0.25) is 0 Å². The lowest BCUT2D eigenvalue weighted by atomic mass is 9.88. The van der Waals surface area contributed by atoms with Crippen LogP contribution in [-0.2, 0) is 4.79 Å². The van der Waals surface area contributed by atoms with Gasteiger partial charge in [0.1, 0.15) is 0 Å². The first-order valence-electron chi connectivity index (χ1n) is 8.34. The van der Waals surface area contributed by atoms with E-state index in [1.165, 1.54) is 0 Å². The molecule has 0 spiro atoms. The number of Topliss-reactive ketones (excluding diaryl/α,β-unsaturated/α-hetero) is 1. The van der Waals surface area contributed by atoms with Crippen LogP contribution < -0.4 is 5.32 Å². The summed E-state index contributed by atoms with van der Waals surface area (Å²) >= 11 is 0. The third-order valence-electron chi connectivity index (χ3n) is 4.09. The van der Waals surface area contributed by atoms with E-state index in [0.717, 1.165) is 30.5 Å². The summed E-state index contributed by atoms with van der Waals surface area (Å²) in [7, 11) is 0. The van der Waals surface area contributed by atoms with Crippen molar-refractivity contribution >= 4 is 5.78 Å². The molecule has 0 aromatic rings. The molecule has 2 heteroatoms. The minimum absolute atomic E-state index is 0.140. The molecule has 1 N–H and O–H groups in total. The van der Waals surface area contributed by atoms with Crippen molar-refractivity contribution in [1.29, 1.82) is 0 Å². The Kier molecular flexibility index (Phi) is 5.97. The van der Waals surface area contributed by atoms with E-state index >= 15 is 0 Å². The van der Waals surface area contributed by atoms with E-state index in [-0.39, 0.29) is 17.2 Å². The van der Waals surface area contributed by atoms with Crippen LogP contribution in [-0.4, -0.2) is 11.8 Å². The normalized spacial score (nSPS) is 29.6. The van der Waals surface area contributed by atoms with Crippen LogP contribution in [0.4, 0.5) is 0 Å². The van der Waals surface area contributed by atoms with Gasteiger partial charge in [-0.25, -0.2) is 0 Å². The Morgan fingerprint density at radius 1 is 1.17 bits per heavy atom. The van der Waals surface area contributed by atoms with Gasteiger partial charge in [0.25, 0.3) is 0 Å². The second-order valence-electron chi connectivity index (χ2n) is 6.85. The predicted molar refractivity (Wildman–Crippen MR) is 98.0 cm³/mol. The number of rotatable bonds is 3. The summed E-state index contributed by atoms with van der Waals surface area (Å²) in [5.74, 6) is 0.157. The van der Waals surface area contributed by atoms with Crippen molar-refractivity contribution in [1.82, 2.24) is 5.32 Å². The first-order chi connectivity index (χ1) is 11.0. The Bertz CT molecular complexity index is 612. The van der Waals surface area contributed by atoms with Crippen molar-refractivity contribution in [2.45, 2.75) is 46.1 Å². The minimum Gasteiger partial charge on any atom is -0.375 e. The van der Waals surface area contributed by atoms with Crippen molar-refractivity contribution in [2.75, 3.05) is 0 Å². The van der Waals surface area contributed by atoms with Gasteiger partial charge in [0.15, 0.2) is 5.78 Å². The molecule has 2 rings (SSSR count). The molecule has 2 aliphatic rings. The number of allylic oxidation sites excluding steroid dienone is 9. The van der Waals surface area contributed by atoms with Crippen LogP contribution in [0.3, 0.4) is 0 Å². The highest BCUT2D eigenvalue weighted by Crippen LogP contribution is 2.24. The first-order valence-corrected chi connectivity index (χ1v) is 8.34. The molecule has 2 nitrogen and oxygen atoms in total. The molecule has 1 atom stereocenters. The maximum Gasteiger partial charge on any atom is 0.155 e. The standard InChI is InChI=1S/C21H27NO/c1-17(23)18-9-6-7-11-19(13-12-18)22-20-10-5-4-8-15-21(2,3)16-14-20/h4-5,7-8,10-14,16,20,22H,6,9,15H2,1-3H3/b8-4?,10-5?,11-7-,16-14?,18-12+,19-13+. The third kappa shape index (κ3) is 5.90. The van der Waals surface area contributed by atoms with E-state index in [1.54, 1.807) is 6.92 Å². The second kappa shape index (κ2) is 7.96. The molecule has 122 valence electrons. The molecule has 0 aromatic carbocycles. The highest BCUT2D eigenvalue weighted by molar-refractivity contribution is 5.93. The van der Waals surface area contributed by atoms with Crippen LogP contribution in [0.15, 0.2) is 72.0 Å². The molecular formula is C21H27NO. The van der Waals surface area contributed by atoms with E-state index in [0.29, 0.717) is 0 Å². The van der Waals surface area contributed by atoms with Crippen LogP contribution in [0.2, 0.25) is 0 Å². The molecule has 0 amide bonds. The van der Waals surface area contributed by atoms with Gasteiger partial charge in [0, 0.05) is 5.70 Å². The second-order valence-corrected chi connectivity index (χ2v) is 6.85. The summed E-state index contributed by atoms with van der Waals surface area (Å²) in [5.41, 5.74) is 2.08. The summed E-state index contributed by atoms with van der Waals surface area (Å²) < 4.78 is 0. The fraction of sp³-hybridized carbons (Fsp3) is 0.381. The molecule has 1 unspecified atom stereocenters. The SMILES string of the molecule is CC(=O)/C1=C/C=C(NC2C=CC=CCC(C)(C)C=C2)\C=C/CC1. The molecule has 23 heavy (non-hydrogen) atoms. The molecule has 0 saturated carbocycles. The molecular weight excluding hydrogens is 282 g/mol. The Morgan fingerprint density at radius 2 is 2.00 bits per heavy atom. The summed E-state index contributed by atoms with van der Waals surface area (Å²) in [4.78, 5) is 11.6. The van der Waals surface area contributed by atoms with Crippen molar-refractivity contribution in [2.24, 2.45) is 5.41 Å². The quantitative estimate of drug-likeness (QED) is 0.759. The predicted octanol–water partition coefficient (Wildman–Crippen LogP) is 4.79. The Balaban J connectivity index is 2.17. The molecule has 0 saturated heterocycles. The van der Waals surface area contributed by atoms with Gasteiger partial charge in [0.05, 0.1) is 6.04 Å². The number of carbonyl (C=O) groups is 1. The van der Waals surface area contributed by atoms with Crippen LogP contribution in [0, 0.1) is 5.41 Å². The summed E-state index contributed by atoms with van der Waals surface area (Å²) in [6.45, 7) is 6.12. The Labute approximate surface area is 140 Å². The van der Waals surface area contributed by atoms with Gasteiger partial charge < -0.3 is 5.32 Å². The van der Waals surface area contributed by atoms with Gasteiger partial charge in [-0.05, 0) is 49.3 Å². The zero-order valence-electron chi connectivity index (χ0n) is 14.4. The summed E-state index contributed by atoms with van der Waals surface area (Å²) in [6, 6.07) is 0.140. The maximum atomic E-state index is 11.6. The first kappa shape index (κ1) is 17.3. The van der Waals surface area contributed by atoms with E-state index in [1.807, 2.05) is 12.2 Å². The van der Waals surface area contributed by atoms with Crippen LogP contribution >= 0.6 is 0 Å². The largest absolute Gasteiger partial charge is 0.375 e. The lowest BCUT2D eigenvalue weighted by Crippen LogP contribution is -2.24. The number of nitrogens with one attached hydrogen (secondary N) is 1. The Morgan fingerprint density at radius 3 is 2.78 bits per heavy atom. The van der Waals surface area contributed by atoms with Crippen LogP contribution in [0.25, 0.3) is 0 Å².